The van der Waals surface area contributed by atoms with Crippen molar-refractivity contribution < 1.29 is 58.2 Å². The molecule has 0 spiro atoms. The van der Waals surface area contributed by atoms with Crippen LogP contribution in [0.15, 0.2) is 30.5 Å². The van der Waals surface area contributed by atoms with E-state index in [9.17, 15) is 53.5 Å². The predicted octanol–water partition coefficient (Wildman–Crippen LogP) is 4.58. The Morgan fingerprint density at radius 3 is 1.82 bits per heavy atom. The van der Waals surface area contributed by atoms with Gasteiger partial charge in [0.25, 0.3) is 0 Å². The lowest BCUT2D eigenvalue weighted by atomic mass is 10.2. The van der Waals surface area contributed by atoms with E-state index in [2.05, 4.69) is 4.74 Å². The number of benzene rings is 1. The summed E-state index contributed by atoms with van der Waals surface area (Å²) in [6.07, 6.45) is -11.9. The molecule has 0 aliphatic carbocycles. The first kappa shape index (κ1) is 21.5. The van der Waals surface area contributed by atoms with E-state index in [0.29, 0.717) is 24.4 Å². The van der Waals surface area contributed by atoms with E-state index in [1.54, 1.807) is 0 Å². The van der Waals surface area contributed by atoms with Crippen LogP contribution in [0.4, 0.5) is 43.9 Å². The van der Waals surface area contributed by atoms with Crippen LogP contribution in [0.25, 0.3) is 10.9 Å². The van der Waals surface area contributed by atoms with E-state index in [1.807, 2.05) is 0 Å². The minimum Gasteiger partial charge on any atom is -0.422 e. The second-order valence-corrected chi connectivity index (χ2v) is 5.25. The molecule has 28 heavy (non-hydrogen) atoms. The van der Waals surface area contributed by atoms with Crippen LogP contribution >= 0.6 is 0 Å². The number of ether oxygens (including phenoxy) is 1. The number of nitrogens with zero attached hydrogens (tertiary/aromatic N) is 1. The molecule has 0 N–H and O–H groups in total. The van der Waals surface area contributed by atoms with E-state index < -0.39 is 47.3 Å². The summed E-state index contributed by atoms with van der Waals surface area (Å²) in [6, 6.07) is 2.52. The van der Waals surface area contributed by atoms with Crippen LogP contribution in [0.3, 0.4) is 0 Å². The minimum atomic E-state index is -6.24. The molecule has 0 atom stereocenters. The maximum Gasteiger partial charge on any atom is 0.465 e. The third-order valence-electron chi connectivity index (χ3n) is 3.33. The molecule has 0 aliphatic rings. The monoisotopic (exact) mass is 425 g/mol. The molecule has 0 radical (unpaired) electrons. The number of halogens is 10. The third-order valence-corrected chi connectivity index (χ3v) is 3.33. The first-order valence-electron chi connectivity index (χ1n) is 6.77. The predicted molar refractivity (Wildman–Crippen MR) is 70.2 cm³/mol. The Labute approximate surface area is 147 Å². The van der Waals surface area contributed by atoms with Crippen molar-refractivity contribution in [1.82, 2.24) is 4.57 Å². The highest BCUT2D eigenvalue weighted by atomic mass is 19.4. The van der Waals surface area contributed by atoms with E-state index in [-0.39, 0.29) is 9.95 Å². The molecule has 1 aromatic carbocycles. The number of alkyl halides is 10. The van der Waals surface area contributed by atoms with Gasteiger partial charge in [-0.3, -0.25) is 9.36 Å². The van der Waals surface area contributed by atoms with Crippen LogP contribution in [-0.4, -0.2) is 40.6 Å². The first-order valence-corrected chi connectivity index (χ1v) is 6.77. The SMILES string of the molecule is O=C(Oc1ccc2c(ccn2C(=O)C(F)(F)C(F)(F)F)c1)C(F)(F)C(F)(F)F. The Bertz CT molecular complexity index is 926. The van der Waals surface area contributed by atoms with Crippen molar-refractivity contribution in [1.29, 1.82) is 0 Å². The number of hydrogen-bond donors (Lipinski definition) is 0. The number of carbonyl (C=O) groups excluding carboxylic acids is 2. The number of carbonyl (C=O) groups is 2. The molecule has 154 valence electrons. The normalized spacial score (nSPS) is 13.6. The maximum atomic E-state index is 13.2. The summed E-state index contributed by atoms with van der Waals surface area (Å²) in [5, 5.41) is -0.355. The number of rotatable bonds is 3. The summed E-state index contributed by atoms with van der Waals surface area (Å²) in [7, 11) is 0. The highest BCUT2D eigenvalue weighted by Crippen LogP contribution is 2.39. The summed E-state index contributed by atoms with van der Waals surface area (Å²) in [6.45, 7) is 0. The number of esters is 1. The van der Waals surface area contributed by atoms with Gasteiger partial charge in [-0.1, -0.05) is 0 Å². The fourth-order valence-electron chi connectivity index (χ4n) is 1.92. The van der Waals surface area contributed by atoms with Crippen molar-refractivity contribution in [2.75, 3.05) is 0 Å². The molecule has 0 bridgehead atoms. The van der Waals surface area contributed by atoms with Crippen molar-refractivity contribution in [2.24, 2.45) is 0 Å². The number of hydrogen-bond acceptors (Lipinski definition) is 3. The molecule has 0 saturated heterocycles. The van der Waals surface area contributed by atoms with Gasteiger partial charge < -0.3 is 4.74 Å². The van der Waals surface area contributed by atoms with Crippen molar-refractivity contribution in [3.05, 3.63) is 30.5 Å². The van der Waals surface area contributed by atoms with Crippen molar-refractivity contribution in [2.45, 2.75) is 24.2 Å². The van der Waals surface area contributed by atoms with E-state index in [4.69, 9.17) is 0 Å². The van der Waals surface area contributed by atoms with Crippen molar-refractivity contribution >= 4 is 22.8 Å². The van der Waals surface area contributed by atoms with Gasteiger partial charge in [0.15, 0.2) is 0 Å². The summed E-state index contributed by atoms with van der Waals surface area (Å²) < 4.78 is 129. The van der Waals surface area contributed by atoms with Gasteiger partial charge in [-0.25, -0.2) is 4.79 Å². The smallest absolute Gasteiger partial charge is 0.422 e. The standard InChI is InChI=1S/C14H5F10NO3/c15-11(16,13(19,20)21)9(26)25-4-3-6-5-7(1-2-8(6)25)28-10(27)12(17,18)14(22,23)24/h1-5H. The molecule has 0 saturated carbocycles. The van der Waals surface area contributed by atoms with Gasteiger partial charge in [-0.05, 0) is 24.3 Å². The highest BCUT2D eigenvalue weighted by molar-refractivity contribution is 5.97. The van der Waals surface area contributed by atoms with Crippen LogP contribution in [0.2, 0.25) is 0 Å². The van der Waals surface area contributed by atoms with Gasteiger partial charge in [0.1, 0.15) is 5.75 Å². The summed E-state index contributed by atoms with van der Waals surface area (Å²) in [5.74, 6) is -18.2. The Kier molecular flexibility index (Phi) is 4.90. The molecule has 0 aliphatic heterocycles. The zero-order valence-electron chi connectivity index (χ0n) is 12.8. The molecule has 4 nitrogen and oxygen atoms in total. The quantitative estimate of drug-likeness (QED) is 0.411. The van der Waals surface area contributed by atoms with Crippen molar-refractivity contribution in [3.8, 4) is 5.75 Å². The van der Waals surface area contributed by atoms with Crippen LogP contribution < -0.4 is 4.74 Å². The summed E-state index contributed by atoms with van der Waals surface area (Å²) >= 11 is 0. The Morgan fingerprint density at radius 2 is 1.32 bits per heavy atom. The molecule has 2 rings (SSSR count). The first-order chi connectivity index (χ1) is 12.5. The Balaban J connectivity index is 2.36. The molecule has 0 unspecified atom stereocenters. The molecule has 1 heterocycles. The van der Waals surface area contributed by atoms with Gasteiger partial charge in [-0.15, -0.1) is 0 Å². The Hall–Kier alpha value is -2.80. The van der Waals surface area contributed by atoms with Crippen molar-refractivity contribution in [3.63, 3.8) is 0 Å². The van der Waals surface area contributed by atoms with Gasteiger partial charge >= 0.3 is 36.1 Å². The third kappa shape index (κ3) is 3.49. The second kappa shape index (κ2) is 6.38. The molecule has 1 aromatic heterocycles. The zero-order chi connectivity index (χ0) is 21.7. The fourth-order valence-corrected chi connectivity index (χ4v) is 1.92. The van der Waals surface area contributed by atoms with E-state index in [1.165, 1.54) is 0 Å². The molecular weight excluding hydrogens is 420 g/mol. The topological polar surface area (TPSA) is 48.3 Å². The summed E-state index contributed by atoms with van der Waals surface area (Å²) in [4.78, 5) is 22.5. The fraction of sp³-hybridized carbons (Fsp3) is 0.286. The largest absolute Gasteiger partial charge is 0.465 e. The average molecular weight is 425 g/mol. The molecule has 0 amide bonds. The highest BCUT2D eigenvalue weighted by Gasteiger charge is 2.65. The van der Waals surface area contributed by atoms with E-state index >= 15 is 0 Å². The Morgan fingerprint density at radius 1 is 0.786 bits per heavy atom. The van der Waals surface area contributed by atoms with Crippen LogP contribution in [0.5, 0.6) is 5.75 Å². The van der Waals surface area contributed by atoms with Crippen LogP contribution in [0.1, 0.15) is 4.79 Å². The van der Waals surface area contributed by atoms with Gasteiger partial charge in [0.2, 0.25) is 0 Å². The zero-order valence-corrected chi connectivity index (χ0v) is 12.8. The molecular formula is C14H5F10NO3. The van der Waals surface area contributed by atoms with Gasteiger partial charge in [-0.2, -0.15) is 43.9 Å². The lowest BCUT2D eigenvalue weighted by Gasteiger charge is -2.19. The summed E-state index contributed by atoms with van der Waals surface area (Å²) in [5.41, 5.74) is -0.573. The van der Waals surface area contributed by atoms with Crippen LogP contribution in [0, 0.1) is 0 Å². The molecule has 0 fully saturated rings. The lowest BCUT2D eigenvalue weighted by molar-refractivity contribution is -0.276. The molecule has 14 heteroatoms. The average Bonchev–Trinajstić information content (AvgIpc) is 2.94. The number of aromatic nitrogens is 1. The minimum absolute atomic E-state index is 0.0985. The van der Waals surface area contributed by atoms with Gasteiger partial charge in [0.05, 0.1) is 5.52 Å². The van der Waals surface area contributed by atoms with Gasteiger partial charge in [0, 0.05) is 11.6 Å². The maximum absolute atomic E-state index is 13.2. The lowest BCUT2D eigenvalue weighted by Crippen LogP contribution is -2.46. The van der Waals surface area contributed by atoms with E-state index in [0.717, 1.165) is 6.07 Å². The second-order valence-electron chi connectivity index (χ2n) is 5.25. The molecule has 2 aromatic rings. The van der Waals surface area contributed by atoms with Crippen LogP contribution in [-0.2, 0) is 4.79 Å². The number of fused-ring (bicyclic) bond motifs is 1.